The monoisotopic (exact) mass is 409 g/mol. The summed E-state index contributed by atoms with van der Waals surface area (Å²) in [5, 5.41) is 8.73. The normalized spacial score (nSPS) is 13.8. The first-order chi connectivity index (χ1) is 12.3. The number of alkyl halides is 6. The highest BCUT2D eigenvalue weighted by molar-refractivity contribution is 7.89. The zero-order valence-electron chi connectivity index (χ0n) is 13.0. The fourth-order valence-corrected chi connectivity index (χ4v) is 3.27. The lowest BCUT2D eigenvalue weighted by atomic mass is 10.0. The molecule has 0 bridgehead atoms. The van der Waals surface area contributed by atoms with E-state index in [-0.39, 0.29) is 11.6 Å². The standard InChI is InChI=1S/C15H9F6N3O2S/c16-14(17,18)11-3-1-2-10(5-11)13(15(19,20)21)24-27(25,26)12-4-9(6-22)7-23-8-12/h1-5,7-8,13,24H. The second kappa shape index (κ2) is 7.16. The summed E-state index contributed by atoms with van der Waals surface area (Å²) in [5.41, 5.74) is -2.52. The number of nitriles is 1. The van der Waals surface area contributed by atoms with Crippen molar-refractivity contribution in [3.8, 4) is 6.07 Å². The molecule has 1 aromatic carbocycles. The average Bonchev–Trinajstić information content (AvgIpc) is 2.58. The van der Waals surface area contributed by atoms with Crippen LogP contribution in [0.1, 0.15) is 22.7 Å². The van der Waals surface area contributed by atoms with Gasteiger partial charge in [-0.1, -0.05) is 12.1 Å². The number of sulfonamides is 1. The Balaban J connectivity index is 2.49. The van der Waals surface area contributed by atoms with Crippen LogP contribution in [-0.2, 0) is 16.2 Å². The van der Waals surface area contributed by atoms with Crippen molar-refractivity contribution in [2.75, 3.05) is 0 Å². The highest BCUT2D eigenvalue weighted by atomic mass is 32.2. The summed E-state index contributed by atoms with van der Waals surface area (Å²) in [4.78, 5) is 2.71. The molecule has 2 aromatic rings. The maximum absolute atomic E-state index is 13.3. The van der Waals surface area contributed by atoms with Crippen molar-refractivity contribution in [2.45, 2.75) is 23.3 Å². The molecule has 144 valence electrons. The molecular formula is C15H9F6N3O2S. The molecule has 0 aliphatic heterocycles. The van der Waals surface area contributed by atoms with Crippen molar-refractivity contribution in [3.63, 3.8) is 0 Å². The van der Waals surface area contributed by atoms with E-state index in [1.165, 1.54) is 4.72 Å². The molecule has 0 fully saturated rings. The molecule has 2 rings (SSSR count). The molecule has 0 aliphatic carbocycles. The number of hydrogen-bond acceptors (Lipinski definition) is 4. The van der Waals surface area contributed by atoms with Gasteiger partial charge in [-0.2, -0.15) is 36.3 Å². The molecule has 12 heteroatoms. The molecule has 0 aliphatic rings. The lowest BCUT2D eigenvalue weighted by Gasteiger charge is -2.22. The lowest BCUT2D eigenvalue weighted by molar-refractivity contribution is -0.153. The van der Waals surface area contributed by atoms with Crippen molar-refractivity contribution < 1.29 is 34.8 Å². The molecule has 1 atom stereocenters. The Labute approximate surface area is 149 Å². The van der Waals surface area contributed by atoms with Crippen LogP contribution in [0.5, 0.6) is 0 Å². The molecule has 5 nitrogen and oxygen atoms in total. The first-order valence-electron chi connectivity index (χ1n) is 6.96. The van der Waals surface area contributed by atoms with Crippen LogP contribution in [0.4, 0.5) is 26.3 Å². The maximum atomic E-state index is 13.3. The van der Waals surface area contributed by atoms with E-state index in [9.17, 15) is 34.8 Å². The molecule has 0 radical (unpaired) electrons. The summed E-state index contributed by atoms with van der Waals surface area (Å²) < 4.78 is 104. The first kappa shape index (κ1) is 20.7. The number of hydrogen-bond donors (Lipinski definition) is 1. The van der Waals surface area contributed by atoms with Gasteiger partial charge in [0, 0.05) is 12.4 Å². The Hall–Kier alpha value is -2.65. The first-order valence-corrected chi connectivity index (χ1v) is 8.44. The van der Waals surface area contributed by atoms with Gasteiger partial charge in [0.05, 0.1) is 11.1 Å². The number of aromatic nitrogens is 1. The van der Waals surface area contributed by atoms with Gasteiger partial charge in [0.2, 0.25) is 10.0 Å². The second-order valence-electron chi connectivity index (χ2n) is 5.24. The molecule has 0 saturated heterocycles. The van der Waals surface area contributed by atoms with E-state index in [4.69, 9.17) is 5.26 Å². The predicted octanol–water partition coefficient (Wildman–Crippen LogP) is 3.55. The van der Waals surface area contributed by atoms with Crippen LogP contribution >= 0.6 is 0 Å². The Bertz CT molecular complexity index is 980. The Morgan fingerprint density at radius 1 is 1.07 bits per heavy atom. The number of nitrogens with zero attached hydrogens (tertiary/aromatic N) is 2. The van der Waals surface area contributed by atoms with Crippen molar-refractivity contribution in [3.05, 3.63) is 59.4 Å². The summed E-state index contributed by atoms with van der Waals surface area (Å²) in [5.74, 6) is 0. The van der Waals surface area contributed by atoms with E-state index < -0.39 is 44.4 Å². The van der Waals surface area contributed by atoms with E-state index >= 15 is 0 Å². The van der Waals surface area contributed by atoms with E-state index in [1.807, 2.05) is 0 Å². The van der Waals surface area contributed by atoms with Gasteiger partial charge in [0.25, 0.3) is 0 Å². The molecule has 1 unspecified atom stereocenters. The third-order valence-corrected chi connectivity index (χ3v) is 4.69. The second-order valence-corrected chi connectivity index (χ2v) is 6.95. The number of pyridine rings is 1. The smallest absolute Gasteiger partial charge is 0.262 e. The van der Waals surface area contributed by atoms with E-state index in [1.54, 1.807) is 6.07 Å². The van der Waals surface area contributed by atoms with Gasteiger partial charge in [-0.3, -0.25) is 4.98 Å². The minimum absolute atomic E-state index is 0.213. The van der Waals surface area contributed by atoms with Crippen molar-refractivity contribution >= 4 is 10.0 Å². The van der Waals surface area contributed by atoms with Gasteiger partial charge in [0.1, 0.15) is 17.0 Å². The topological polar surface area (TPSA) is 82.8 Å². The minimum atomic E-state index is -5.22. The van der Waals surface area contributed by atoms with Crippen LogP contribution in [-0.4, -0.2) is 19.6 Å². The van der Waals surface area contributed by atoms with E-state index in [2.05, 4.69) is 4.98 Å². The van der Waals surface area contributed by atoms with Crippen molar-refractivity contribution in [1.82, 2.24) is 9.71 Å². The molecule has 1 heterocycles. The summed E-state index contributed by atoms with van der Waals surface area (Å²) in [6.07, 6.45) is -8.43. The molecule has 0 saturated carbocycles. The molecule has 27 heavy (non-hydrogen) atoms. The predicted molar refractivity (Wildman–Crippen MR) is 79.5 cm³/mol. The highest BCUT2D eigenvalue weighted by Crippen LogP contribution is 2.37. The average molecular weight is 409 g/mol. The molecule has 1 N–H and O–H groups in total. The largest absolute Gasteiger partial charge is 0.416 e. The lowest BCUT2D eigenvalue weighted by Crippen LogP contribution is -2.38. The number of halogens is 6. The third kappa shape index (κ3) is 4.95. The van der Waals surface area contributed by atoms with Gasteiger partial charge in [-0.25, -0.2) is 8.42 Å². The fraction of sp³-hybridized carbons (Fsp3) is 0.200. The van der Waals surface area contributed by atoms with Crippen LogP contribution in [0.3, 0.4) is 0 Å². The van der Waals surface area contributed by atoms with Crippen LogP contribution < -0.4 is 4.72 Å². The zero-order valence-corrected chi connectivity index (χ0v) is 13.8. The molecule has 0 amide bonds. The summed E-state index contributed by atoms with van der Waals surface area (Å²) in [6.45, 7) is 0. The molecule has 1 aromatic heterocycles. The van der Waals surface area contributed by atoms with Gasteiger partial charge in [-0.15, -0.1) is 0 Å². The van der Waals surface area contributed by atoms with E-state index in [0.29, 0.717) is 12.3 Å². The Morgan fingerprint density at radius 2 is 1.74 bits per heavy atom. The quantitative estimate of drug-likeness (QED) is 0.783. The molecular weight excluding hydrogens is 400 g/mol. The third-order valence-electron chi connectivity index (χ3n) is 3.30. The Kier molecular flexibility index (Phi) is 5.48. The SMILES string of the molecule is N#Cc1cncc(S(=O)(=O)NC(c2cccc(C(F)(F)F)c2)C(F)(F)F)c1. The maximum Gasteiger partial charge on any atom is 0.416 e. The van der Waals surface area contributed by atoms with Gasteiger partial charge in [0.15, 0.2) is 0 Å². The van der Waals surface area contributed by atoms with Gasteiger partial charge >= 0.3 is 12.4 Å². The minimum Gasteiger partial charge on any atom is -0.262 e. The van der Waals surface area contributed by atoms with Crippen LogP contribution in [0, 0.1) is 11.3 Å². The highest BCUT2D eigenvalue weighted by Gasteiger charge is 2.44. The van der Waals surface area contributed by atoms with E-state index in [0.717, 1.165) is 24.4 Å². The number of rotatable bonds is 4. The van der Waals surface area contributed by atoms with Crippen LogP contribution in [0.25, 0.3) is 0 Å². The van der Waals surface area contributed by atoms with Gasteiger partial charge < -0.3 is 0 Å². The number of nitrogens with one attached hydrogen (secondary N) is 1. The van der Waals surface area contributed by atoms with Crippen molar-refractivity contribution in [2.24, 2.45) is 0 Å². The summed E-state index contributed by atoms with van der Waals surface area (Å²) in [7, 11) is -4.84. The van der Waals surface area contributed by atoms with Gasteiger partial charge in [-0.05, 0) is 23.8 Å². The van der Waals surface area contributed by atoms with Crippen LogP contribution in [0.15, 0.2) is 47.6 Å². The molecule has 0 spiro atoms. The number of benzene rings is 1. The Morgan fingerprint density at radius 3 is 2.30 bits per heavy atom. The zero-order chi connectivity index (χ0) is 20.5. The summed E-state index contributed by atoms with van der Waals surface area (Å²) in [6, 6.07) is 1.66. The van der Waals surface area contributed by atoms with Crippen LogP contribution in [0.2, 0.25) is 0 Å². The van der Waals surface area contributed by atoms with Crippen molar-refractivity contribution in [1.29, 1.82) is 5.26 Å². The summed E-state index contributed by atoms with van der Waals surface area (Å²) >= 11 is 0. The fourth-order valence-electron chi connectivity index (χ4n) is 2.07.